The van der Waals surface area contributed by atoms with Crippen LogP contribution >= 0.6 is 0 Å². The Morgan fingerprint density at radius 3 is 3.09 bits per heavy atom. The van der Waals surface area contributed by atoms with Crippen LogP contribution in [0.15, 0.2) is 12.3 Å². The summed E-state index contributed by atoms with van der Waals surface area (Å²) in [6, 6.07) is 1.76. The largest absolute Gasteiger partial charge is 0.320 e. The summed E-state index contributed by atoms with van der Waals surface area (Å²) < 4.78 is 0. The molecule has 0 fully saturated rings. The summed E-state index contributed by atoms with van der Waals surface area (Å²) in [6.07, 6.45) is 1.68. The van der Waals surface area contributed by atoms with E-state index in [2.05, 4.69) is 21.8 Å². The number of aryl methyl sites for hydroxylation is 1. The lowest BCUT2D eigenvalue weighted by Gasteiger charge is -1.89. The van der Waals surface area contributed by atoms with Crippen molar-refractivity contribution >= 4 is 0 Å². The maximum atomic E-state index is 5.20. The van der Waals surface area contributed by atoms with Gasteiger partial charge in [0.15, 0.2) is 0 Å². The molecule has 0 spiro atoms. The van der Waals surface area contributed by atoms with Gasteiger partial charge in [0.1, 0.15) is 11.5 Å². The van der Waals surface area contributed by atoms with Crippen LogP contribution < -0.4 is 5.73 Å². The highest BCUT2D eigenvalue weighted by atomic mass is 14.9. The number of hydrogen-bond donors (Lipinski definition) is 1. The van der Waals surface area contributed by atoms with Gasteiger partial charge in [-0.15, -0.1) is 0 Å². The van der Waals surface area contributed by atoms with E-state index in [4.69, 9.17) is 5.73 Å². The fourth-order valence-corrected chi connectivity index (χ4v) is 0.667. The second kappa shape index (κ2) is 3.69. The molecule has 56 valence electrons. The summed E-state index contributed by atoms with van der Waals surface area (Å²) in [5.74, 6) is 6.27. The Balaban J connectivity index is 2.87. The molecule has 0 aliphatic rings. The Morgan fingerprint density at radius 1 is 1.64 bits per heavy atom. The van der Waals surface area contributed by atoms with Gasteiger partial charge in [-0.05, 0) is 18.9 Å². The van der Waals surface area contributed by atoms with E-state index in [-0.39, 0.29) is 0 Å². The number of nitrogens with two attached hydrogens (primary N) is 1. The predicted molar refractivity (Wildman–Crippen MR) is 42.7 cm³/mol. The smallest absolute Gasteiger partial charge is 0.126 e. The van der Waals surface area contributed by atoms with Crippen molar-refractivity contribution in [3.63, 3.8) is 0 Å². The molecule has 1 aromatic rings. The maximum absolute atomic E-state index is 5.20. The van der Waals surface area contributed by atoms with E-state index >= 15 is 0 Å². The lowest BCUT2D eigenvalue weighted by atomic mass is 10.4. The molecule has 3 heteroatoms. The lowest BCUT2D eigenvalue weighted by molar-refractivity contribution is 1.04. The van der Waals surface area contributed by atoms with E-state index in [0.29, 0.717) is 6.54 Å². The van der Waals surface area contributed by atoms with Crippen LogP contribution in [0.1, 0.15) is 11.5 Å². The van der Waals surface area contributed by atoms with E-state index in [9.17, 15) is 0 Å². The van der Waals surface area contributed by atoms with Crippen LogP contribution in [0.3, 0.4) is 0 Å². The molecule has 0 aromatic carbocycles. The van der Waals surface area contributed by atoms with Gasteiger partial charge in [0.05, 0.1) is 6.54 Å². The van der Waals surface area contributed by atoms with Crippen LogP contribution in [0, 0.1) is 18.8 Å². The molecule has 1 rings (SSSR count). The van der Waals surface area contributed by atoms with Crippen LogP contribution in [-0.2, 0) is 0 Å². The van der Waals surface area contributed by atoms with Gasteiger partial charge in [0.25, 0.3) is 0 Å². The Bertz CT molecular complexity index is 296. The molecule has 0 atom stereocenters. The maximum Gasteiger partial charge on any atom is 0.126 e. The molecular weight excluding hydrogens is 138 g/mol. The zero-order chi connectivity index (χ0) is 8.10. The molecular formula is C8H9N3. The van der Waals surface area contributed by atoms with Crippen molar-refractivity contribution in [3.8, 4) is 11.8 Å². The first-order valence-corrected chi connectivity index (χ1v) is 3.31. The highest BCUT2D eigenvalue weighted by Gasteiger charge is 1.87. The Morgan fingerprint density at radius 2 is 2.45 bits per heavy atom. The number of aromatic nitrogens is 2. The quantitative estimate of drug-likeness (QED) is 0.529. The molecule has 0 amide bonds. The van der Waals surface area contributed by atoms with Crippen molar-refractivity contribution in [2.24, 2.45) is 5.73 Å². The van der Waals surface area contributed by atoms with Crippen molar-refractivity contribution in [2.45, 2.75) is 6.92 Å². The first kappa shape index (κ1) is 7.70. The zero-order valence-electron chi connectivity index (χ0n) is 6.33. The average Bonchev–Trinajstić information content (AvgIpc) is 2.01. The monoisotopic (exact) mass is 147 g/mol. The molecule has 0 unspecified atom stereocenters. The third kappa shape index (κ3) is 2.36. The molecule has 3 nitrogen and oxygen atoms in total. The highest BCUT2D eigenvalue weighted by molar-refractivity contribution is 5.26. The van der Waals surface area contributed by atoms with Gasteiger partial charge in [0, 0.05) is 6.20 Å². The summed E-state index contributed by atoms with van der Waals surface area (Å²) in [4.78, 5) is 8.01. The number of hydrogen-bond acceptors (Lipinski definition) is 3. The van der Waals surface area contributed by atoms with Crippen LogP contribution in [0.4, 0.5) is 0 Å². The summed E-state index contributed by atoms with van der Waals surface area (Å²) >= 11 is 0. The summed E-state index contributed by atoms with van der Waals surface area (Å²) in [7, 11) is 0. The molecule has 0 saturated heterocycles. The van der Waals surface area contributed by atoms with Crippen molar-refractivity contribution in [1.82, 2.24) is 9.97 Å². The number of nitrogens with zero attached hydrogens (tertiary/aromatic N) is 2. The van der Waals surface area contributed by atoms with E-state index in [0.717, 1.165) is 11.5 Å². The predicted octanol–water partition coefficient (Wildman–Crippen LogP) is 0.0952. The summed E-state index contributed by atoms with van der Waals surface area (Å²) in [5, 5.41) is 0. The topological polar surface area (TPSA) is 51.8 Å². The Hall–Kier alpha value is -1.40. The second-order valence-electron chi connectivity index (χ2n) is 1.99. The Kier molecular flexibility index (Phi) is 2.59. The summed E-state index contributed by atoms with van der Waals surface area (Å²) in [6.45, 7) is 2.19. The van der Waals surface area contributed by atoms with Gasteiger partial charge in [-0.3, -0.25) is 0 Å². The minimum Gasteiger partial charge on any atom is -0.320 e. The third-order valence-electron chi connectivity index (χ3n) is 1.09. The zero-order valence-corrected chi connectivity index (χ0v) is 6.33. The van der Waals surface area contributed by atoms with Gasteiger partial charge >= 0.3 is 0 Å². The minimum atomic E-state index is 0.364. The minimum absolute atomic E-state index is 0.364. The van der Waals surface area contributed by atoms with E-state index in [1.807, 2.05) is 6.92 Å². The molecule has 0 aliphatic carbocycles. The van der Waals surface area contributed by atoms with Gasteiger partial charge < -0.3 is 5.73 Å². The van der Waals surface area contributed by atoms with Gasteiger partial charge in [0.2, 0.25) is 0 Å². The lowest BCUT2D eigenvalue weighted by Crippen LogP contribution is -1.94. The molecule has 0 saturated carbocycles. The van der Waals surface area contributed by atoms with Crippen molar-refractivity contribution in [3.05, 3.63) is 23.8 Å². The Labute approximate surface area is 65.7 Å². The first-order chi connectivity index (χ1) is 5.33. The van der Waals surface area contributed by atoms with Gasteiger partial charge in [-0.1, -0.05) is 5.92 Å². The normalized spacial score (nSPS) is 8.55. The molecule has 0 radical (unpaired) electrons. The van der Waals surface area contributed by atoms with E-state index in [1.165, 1.54) is 0 Å². The fourth-order valence-electron chi connectivity index (χ4n) is 0.667. The first-order valence-electron chi connectivity index (χ1n) is 3.31. The van der Waals surface area contributed by atoms with Gasteiger partial charge in [-0.25, -0.2) is 9.97 Å². The second-order valence-corrected chi connectivity index (χ2v) is 1.99. The van der Waals surface area contributed by atoms with Crippen LogP contribution in [0.25, 0.3) is 0 Å². The SMILES string of the molecule is Cc1nccc(C#CCN)n1. The molecule has 0 bridgehead atoms. The van der Waals surface area contributed by atoms with Crippen molar-refractivity contribution in [1.29, 1.82) is 0 Å². The van der Waals surface area contributed by atoms with Crippen LogP contribution in [0.2, 0.25) is 0 Å². The standard InChI is InChI=1S/C8H9N3/c1-7-10-6-4-8(11-7)3-2-5-9/h4,6H,5,9H2,1H3. The van der Waals surface area contributed by atoms with Crippen molar-refractivity contribution in [2.75, 3.05) is 6.54 Å². The molecule has 2 N–H and O–H groups in total. The molecule has 11 heavy (non-hydrogen) atoms. The molecule has 1 heterocycles. The average molecular weight is 147 g/mol. The third-order valence-corrected chi connectivity index (χ3v) is 1.09. The molecule has 0 aliphatic heterocycles. The van der Waals surface area contributed by atoms with Crippen LogP contribution in [-0.4, -0.2) is 16.5 Å². The van der Waals surface area contributed by atoms with Gasteiger partial charge in [-0.2, -0.15) is 0 Å². The highest BCUT2D eigenvalue weighted by Crippen LogP contribution is 1.90. The van der Waals surface area contributed by atoms with E-state index < -0.39 is 0 Å². The molecule has 1 aromatic heterocycles. The number of rotatable bonds is 0. The summed E-state index contributed by atoms with van der Waals surface area (Å²) in [5.41, 5.74) is 5.92. The van der Waals surface area contributed by atoms with E-state index in [1.54, 1.807) is 12.3 Å². The van der Waals surface area contributed by atoms with Crippen LogP contribution in [0.5, 0.6) is 0 Å². The fraction of sp³-hybridized carbons (Fsp3) is 0.250. The van der Waals surface area contributed by atoms with Crippen molar-refractivity contribution < 1.29 is 0 Å².